The van der Waals surface area contributed by atoms with Crippen LogP contribution in [0, 0.1) is 5.92 Å². The molecule has 20 heavy (non-hydrogen) atoms. The monoisotopic (exact) mass is 273 g/mol. The Labute approximate surface area is 118 Å². The average molecular weight is 273 g/mol. The van der Waals surface area contributed by atoms with Crippen LogP contribution in [0.4, 0.5) is 0 Å². The molecule has 1 aromatic carbocycles. The predicted molar refractivity (Wildman–Crippen MR) is 73.8 cm³/mol. The molecule has 0 aliphatic carbocycles. The summed E-state index contributed by atoms with van der Waals surface area (Å²) in [5, 5.41) is 0. The van der Waals surface area contributed by atoms with E-state index >= 15 is 0 Å². The molecule has 3 atom stereocenters. The molecule has 3 aliphatic rings. The lowest BCUT2D eigenvalue weighted by atomic mass is 9.62. The SMILES string of the molecule is CC(C)N1C(=O)[C@]2(c3ccccc3)O[C@](C)(C1=O)[C@H]2C. The Bertz CT molecular complexity index is 583. The van der Waals surface area contributed by atoms with Crippen molar-refractivity contribution in [3.8, 4) is 0 Å². The van der Waals surface area contributed by atoms with Crippen LogP contribution in [0.2, 0.25) is 0 Å². The minimum absolute atomic E-state index is 0.159. The molecule has 1 aromatic rings. The summed E-state index contributed by atoms with van der Waals surface area (Å²) >= 11 is 0. The van der Waals surface area contributed by atoms with Gasteiger partial charge in [-0.05, 0) is 26.3 Å². The van der Waals surface area contributed by atoms with Gasteiger partial charge < -0.3 is 4.74 Å². The lowest BCUT2D eigenvalue weighted by Gasteiger charge is -2.64. The Morgan fingerprint density at radius 2 is 1.75 bits per heavy atom. The van der Waals surface area contributed by atoms with Gasteiger partial charge >= 0.3 is 0 Å². The zero-order valence-electron chi connectivity index (χ0n) is 12.2. The normalized spacial score (nSPS) is 36.2. The van der Waals surface area contributed by atoms with Crippen molar-refractivity contribution in [3.05, 3.63) is 35.9 Å². The van der Waals surface area contributed by atoms with Crippen LogP contribution in [0.1, 0.15) is 33.3 Å². The number of morpholine rings is 1. The highest BCUT2D eigenvalue weighted by molar-refractivity contribution is 6.09. The maximum Gasteiger partial charge on any atom is 0.266 e. The van der Waals surface area contributed by atoms with Crippen LogP contribution in [0.5, 0.6) is 0 Å². The van der Waals surface area contributed by atoms with Crippen LogP contribution in [-0.4, -0.2) is 28.4 Å². The molecule has 0 unspecified atom stereocenters. The number of nitrogens with zero attached hydrogens (tertiary/aromatic N) is 1. The number of hydrogen-bond donors (Lipinski definition) is 0. The molecule has 0 aromatic heterocycles. The molecule has 3 aliphatic heterocycles. The van der Waals surface area contributed by atoms with Gasteiger partial charge in [0.25, 0.3) is 11.8 Å². The van der Waals surface area contributed by atoms with Gasteiger partial charge in [0.05, 0.1) is 0 Å². The molecule has 0 radical (unpaired) electrons. The van der Waals surface area contributed by atoms with Gasteiger partial charge in [0.1, 0.15) is 0 Å². The molecule has 0 spiro atoms. The van der Waals surface area contributed by atoms with E-state index in [1.807, 2.05) is 51.1 Å². The molecule has 3 heterocycles. The summed E-state index contributed by atoms with van der Waals surface area (Å²) in [5.41, 5.74) is -1.07. The largest absolute Gasteiger partial charge is 0.343 e. The van der Waals surface area contributed by atoms with Gasteiger partial charge in [-0.3, -0.25) is 14.5 Å². The van der Waals surface area contributed by atoms with Crippen LogP contribution in [0.15, 0.2) is 30.3 Å². The fourth-order valence-corrected chi connectivity index (χ4v) is 3.40. The van der Waals surface area contributed by atoms with Gasteiger partial charge in [0, 0.05) is 12.0 Å². The van der Waals surface area contributed by atoms with Crippen LogP contribution >= 0.6 is 0 Å². The molecule has 0 saturated carbocycles. The van der Waals surface area contributed by atoms with Gasteiger partial charge in [0.15, 0.2) is 11.2 Å². The van der Waals surface area contributed by atoms with Crippen molar-refractivity contribution in [2.45, 2.75) is 44.9 Å². The van der Waals surface area contributed by atoms with Crippen LogP contribution in [0.25, 0.3) is 0 Å². The van der Waals surface area contributed by atoms with Gasteiger partial charge in [-0.1, -0.05) is 37.3 Å². The first-order chi connectivity index (χ1) is 9.35. The first-order valence-electron chi connectivity index (χ1n) is 6.99. The summed E-state index contributed by atoms with van der Waals surface area (Å²) in [5.74, 6) is -0.616. The first kappa shape index (κ1) is 13.3. The third-order valence-corrected chi connectivity index (χ3v) is 4.71. The summed E-state index contributed by atoms with van der Waals surface area (Å²) in [6.45, 7) is 7.41. The molecule has 2 amide bonds. The number of hydrogen-bond acceptors (Lipinski definition) is 3. The van der Waals surface area contributed by atoms with E-state index in [0.29, 0.717) is 0 Å². The van der Waals surface area contributed by atoms with Crippen molar-refractivity contribution >= 4 is 11.8 Å². The van der Waals surface area contributed by atoms with E-state index in [4.69, 9.17) is 4.74 Å². The second-order valence-electron chi connectivity index (χ2n) is 6.11. The van der Waals surface area contributed by atoms with Crippen LogP contribution < -0.4 is 0 Å². The molecule has 3 fully saturated rings. The zero-order chi connectivity index (χ0) is 14.7. The van der Waals surface area contributed by atoms with Crippen molar-refractivity contribution in [1.82, 2.24) is 4.90 Å². The maximum atomic E-state index is 12.9. The Morgan fingerprint density at radius 1 is 1.15 bits per heavy atom. The highest BCUT2D eigenvalue weighted by Crippen LogP contribution is 2.58. The number of imide groups is 1. The van der Waals surface area contributed by atoms with Crippen molar-refractivity contribution in [1.29, 1.82) is 0 Å². The number of amides is 2. The molecule has 3 saturated heterocycles. The molecule has 4 heteroatoms. The number of carbonyl (C=O) groups excluding carboxylic acids is 2. The number of piperidine rings is 1. The van der Waals surface area contributed by atoms with Gasteiger partial charge in [-0.25, -0.2) is 0 Å². The quantitative estimate of drug-likeness (QED) is 0.775. The summed E-state index contributed by atoms with van der Waals surface area (Å²) in [6, 6.07) is 9.30. The van der Waals surface area contributed by atoms with E-state index in [-0.39, 0.29) is 23.8 Å². The Morgan fingerprint density at radius 3 is 2.25 bits per heavy atom. The van der Waals surface area contributed by atoms with E-state index in [2.05, 4.69) is 0 Å². The summed E-state index contributed by atoms with van der Waals surface area (Å²) in [4.78, 5) is 26.7. The van der Waals surface area contributed by atoms with Gasteiger partial charge in [-0.15, -0.1) is 0 Å². The number of fused-ring (bicyclic) bond motifs is 2. The highest BCUT2D eigenvalue weighted by Gasteiger charge is 2.75. The second-order valence-corrected chi connectivity index (χ2v) is 6.11. The van der Waals surface area contributed by atoms with E-state index in [1.165, 1.54) is 4.90 Å². The lowest BCUT2D eigenvalue weighted by molar-refractivity contribution is -0.316. The van der Waals surface area contributed by atoms with Crippen molar-refractivity contribution in [2.75, 3.05) is 0 Å². The fourth-order valence-electron chi connectivity index (χ4n) is 3.40. The molecule has 2 bridgehead atoms. The minimum atomic E-state index is -1.01. The lowest BCUT2D eigenvalue weighted by Crippen LogP contribution is -2.81. The Hall–Kier alpha value is -1.68. The highest BCUT2D eigenvalue weighted by atomic mass is 16.6. The average Bonchev–Trinajstić information content (AvgIpc) is 2.43. The number of ether oxygens (including phenoxy) is 1. The van der Waals surface area contributed by atoms with Crippen LogP contribution in [0.3, 0.4) is 0 Å². The third kappa shape index (κ3) is 1.30. The summed E-state index contributed by atoms with van der Waals surface area (Å²) in [7, 11) is 0. The molecular weight excluding hydrogens is 254 g/mol. The van der Waals surface area contributed by atoms with Crippen LogP contribution in [-0.2, 0) is 19.9 Å². The maximum absolute atomic E-state index is 12.9. The van der Waals surface area contributed by atoms with Gasteiger partial charge in [-0.2, -0.15) is 0 Å². The van der Waals surface area contributed by atoms with Gasteiger partial charge in [0.2, 0.25) is 0 Å². The zero-order valence-corrected chi connectivity index (χ0v) is 12.2. The smallest absolute Gasteiger partial charge is 0.266 e. The van der Waals surface area contributed by atoms with E-state index in [9.17, 15) is 9.59 Å². The Kier molecular flexibility index (Phi) is 2.61. The number of carbonyl (C=O) groups is 2. The van der Waals surface area contributed by atoms with Crippen molar-refractivity contribution in [2.24, 2.45) is 5.92 Å². The Balaban J connectivity index is 2.14. The molecular formula is C16H19NO3. The fraction of sp³-hybridized carbons (Fsp3) is 0.500. The minimum Gasteiger partial charge on any atom is -0.343 e. The van der Waals surface area contributed by atoms with Crippen molar-refractivity contribution < 1.29 is 14.3 Å². The van der Waals surface area contributed by atoms with E-state index in [1.54, 1.807) is 6.92 Å². The topological polar surface area (TPSA) is 46.6 Å². The number of benzene rings is 1. The van der Waals surface area contributed by atoms with E-state index in [0.717, 1.165) is 5.56 Å². The molecule has 0 N–H and O–H groups in total. The first-order valence-corrected chi connectivity index (χ1v) is 6.99. The third-order valence-electron chi connectivity index (χ3n) is 4.71. The standard InChI is InChI=1S/C16H19NO3/c1-10(2)17-13(18)15(4)11(3)16(20-15,14(17)19)12-8-6-5-7-9-12/h5-11H,1-4H3/t11-,15+,16+/m1/s1. The molecule has 4 nitrogen and oxygen atoms in total. The second kappa shape index (κ2) is 3.92. The number of rotatable bonds is 2. The predicted octanol–water partition coefficient (Wildman–Crippen LogP) is 2.08. The molecule has 106 valence electrons. The summed E-state index contributed by atoms with van der Waals surface area (Å²) < 4.78 is 5.91. The summed E-state index contributed by atoms with van der Waals surface area (Å²) in [6.07, 6.45) is 0. The van der Waals surface area contributed by atoms with Crippen molar-refractivity contribution in [3.63, 3.8) is 0 Å². The molecule has 4 rings (SSSR count). The van der Waals surface area contributed by atoms with E-state index < -0.39 is 11.2 Å².